The molecule has 21 heavy (non-hydrogen) atoms. The highest BCUT2D eigenvalue weighted by atomic mass is 16.3. The van der Waals surface area contributed by atoms with E-state index in [9.17, 15) is 4.79 Å². The van der Waals surface area contributed by atoms with Crippen LogP contribution >= 0.6 is 0 Å². The summed E-state index contributed by atoms with van der Waals surface area (Å²) in [6, 6.07) is 0.367. The Bertz CT molecular complexity index is 294. The van der Waals surface area contributed by atoms with Crippen LogP contribution in [0.5, 0.6) is 0 Å². The van der Waals surface area contributed by atoms with Gasteiger partial charge >= 0.3 is 6.03 Å². The maximum Gasteiger partial charge on any atom is 0.315 e. The normalized spacial score (nSPS) is 21.9. The van der Waals surface area contributed by atoms with Gasteiger partial charge in [0, 0.05) is 19.2 Å². The largest absolute Gasteiger partial charge is 0.396 e. The average molecular weight is 296 g/mol. The third kappa shape index (κ3) is 5.17. The topological polar surface area (TPSA) is 61.4 Å². The van der Waals surface area contributed by atoms with Crippen molar-refractivity contribution in [2.75, 3.05) is 13.2 Å². The zero-order chi connectivity index (χ0) is 15.1. The van der Waals surface area contributed by atoms with Crippen LogP contribution in [0.4, 0.5) is 4.79 Å². The van der Waals surface area contributed by atoms with Crippen LogP contribution < -0.4 is 10.6 Å². The molecule has 2 amide bonds. The van der Waals surface area contributed by atoms with E-state index in [1.807, 2.05) is 0 Å². The Hall–Kier alpha value is -0.770. The molecule has 0 aromatic rings. The molecule has 1 unspecified atom stereocenters. The third-order valence-electron chi connectivity index (χ3n) is 5.35. The molecule has 0 saturated heterocycles. The highest BCUT2D eigenvalue weighted by molar-refractivity contribution is 5.74. The van der Waals surface area contributed by atoms with Crippen molar-refractivity contribution in [2.45, 2.75) is 70.8 Å². The second kappa shape index (κ2) is 8.62. The van der Waals surface area contributed by atoms with Gasteiger partial charge in [-0.2, -0.15) is 0 Å². The zero-order valence-corrected chi connectivity index (χ0v) is 13.4. The van der Waals surface area contributed by atoms with Gasteiger partial charge in [0.1, 0.15) is 0 Å². The van der Waals surface area contributed by atoms with Crippen LogP contribution in [0.3, 0.4) is 0 Å². The predicted molar refractivity (Wildman–Crippen MR) is 85.1 cm³/mol. The zero-order valence-electron chi connectivity index (χ0n) is 13.4. The summed E-state index contributed by atoms with van der Waals surface area (Å²) >= 11 is 0. The molecule has 2 aliphatic rings. The highest BCUT2D eigenvalue weighted by Gasteiger charge is 2.34. The maximum atomic E-state index is 12.2. The first-order valence-corrected chi connectivity index (χ1v) is 8.86. The van der Waals surface area contributed by atoms with E-state index in [0.717, 1.165) is 6.42 Å². The Labute approximate surface area is 129 Å². The molecule has 122 valence electrons. The third-order valence-corrected chi connectivity index (χ3v) is 5.35. The van der Waals surface area contributed by atoms with Gasteiger partial charge in [-0.1, -0.05) is 32.6 Å². The fourth-order valence-corrected chi connectivity index (χ4v) is 4.05. The number of rotatable bonds is 7. The van der Waals surface area contributed by atoms with E-state index in [2.05, 4.69) is 17.6 Å². The molecule has 0 heterocycles. The molecule has 1 atom stereocenters. The van der Waals surface area contributed by atoms with Gasteiger partial charge < -0.3 is 15.7 Å². The quantitative estimate of drug-likeness (QED) is 0.676. The van der Waals surface area contributed by atoms with Gasteiger partial charge in [-0.25, -0.2) is 4.79 Å². The molecule has 0 aromatic carbocycles. The maximum absolute atomic E-state index is 12.2. The number of aliphatic hydroxyl groups is 1. The predicted octanol–water partition coefficient (Wildman–Crippen LogP) is 3.05. The lowest BCUT2D eigenvalue weighted by molar-refractivity contribution is 0.211. The fraction of sp³-hybridized carbons (Fsp3) is 0.941. The van der Waals surface area contributed by atoms with Crippen LogP contribution in [-0.4, -0.2) is 30.3 Å². The van der Waals surface area contributed by atoms with Gasteiger partial charge in [0.25, 0.3) is 0 Å². The van der Waals surface area contributed by atoms with Crippen molar-refractivity contribution in [1.82, 2.24) is 10.6 Å². The van der Waals surface area contributed by atoms with Crippen molar-refractivity contribution < 1.29 is 9.90 Å². The van der Waals surface area contributed by atoms with Gasteiger partial charge in [-0.05, 0) is 49.9 Å². The minimum Gasteiger partial charge on any atom is -0.396 e. The first-order valence-electron chi connectivity index (χ1n) is 8.86. The van der Waals surface area contributed by atoms with Gasteiger partial charge in [-0.15, -0.1) is 0 Å². The summed E-state index contributed by atoms with van der Waals surface area (Å²) in [5.41, 5.74) is 0. The van der Waals surface area contributed by atoms with Gasteiger partial charge in [0.2, 0.25) is 0 Å². The number of hydrogen-bond donors (Lipinski definition) is 3. The van der Waals surface area contributed by atoms with Crippen molar-refractivity contribution in [3.05, 3.63) is 0 Å². The molecule has 0 radical (unpaired) electrons. The molecular weight excluding hydrogens is 264 g/mol. The van der Waals surface area contributed by atoms with E-state index in [0.29, 0.717) is 30.3 Å². The Morgan fingerprint density at radius 2 is 1.62 bits per heavy atom. The van der Waals surface area contributed by atoms with Gasteiger partial charge in [-0.3, -0.25) is 0 Å². The number of nitrogens with one attached hydrogen (secondary N) is 2. The molecular formula is C17H32N2O2. The first-order chi connectivity index (χ1) is 10.2. The Kier molecular flexibility index (Phi) is 6.81. The van der Waals surface area contributed by atoms with Crippen molar-refractivity contribution in [3.63, 3.8) is 0 Å². The molecule has 2 saturated carbocycles. The molecule has 0 bridgehead atoms. The smallest absolute Gasteiger partial charge is 0.315 e. The number of urea groups is 1. The summed E-state index contributed by atoms with van der Waals surface area (Å²) in [6.45, 7) is 2.90. The lowest BCUT2D eigenvalue weighted by Gasteiger charge is -2.30. The van der Waals surface area contributed by atoms with Gasteiger partial charge in [0.15, 0.2) is 0 Å². The second-order valence-electron chi connectivity index (χ2n) is 7.09. The SMILES string of the molecule is CC(CCO)CNC(=O)NC(C1CCCC1)C1CCCC1. The standard InChI is InChI=1S/C17H32N2O2/c1-13(10-11-20)12-18-17(21)19-16(14-6-2-3-7-14)15-8-4-5-9-15/h13-16,20H,2-12H2,1H3,(H2,18,19,21). The fourth-order valence-electron chi connectivity index (χ4n) is 4.05. The van der Waals surface area contributed by atoms with Crippen LogP contribution in [0.25, 0.3) is 0 Å². The van der Waals surface area contributed by atoms with Crippen molar-refractivity contribution in [3.8, 4) is 0 Å². The number of carbonyl (C=O) groups is 1. The van der Waals surface area contributed by atoms with E-state index in [4.69, 9.17) is 5.11 Å². The minimum absolute atomic E-state index is 0.0106. The molecule has 2 aliphatic carbocycles. The summed E-state index contributed by atoms with van der Waals surface area (Å²) in [5.74, 6) is 1.71. The molecule has 3 N–H and O–H groups in total. The van der Waals surface area contributed by atoms with E-state index < -0.39 is 0 Å². The van der Waals surface area contributed by atoms with Gasteiger partial charge in [0.05, 0.1) is 0 Å². The van der Waals surface area contributed by atoms with E-state index >= 15 is 0 Å². The molecule has 0 aromatic heterocycles. The highest BCUT2D eigenvalue weighted by Crippen LogP contribution is 2.37. The number of amides is 2. The molecule has 2 fully saturated rings. The number of hydrogen-bond acceptors (Lipinski definition) is 2. The lowest BCUT2D eigenvalue weighted by Crippen LogP contribution is -2.49. The molecule has 0 aliphatic heterocycles. The van der Waals surface area contributed by atoms with E-state index in [1.165, 1.54) is 51.4 Å². The van der Waals surface area contributed by atoms with Crippen LogP contribution in [0.1, 0.15) is 64.7 Å². The summed E-state index contributed by atoms with van der Waals surface area (Å²) in [5, 5.41) is 15.2. The van der Waals surface area contributed by atoms with Crippen LogP contribution in [0.15, 0.2) is 0 Å². The minimum atomic E-state index is -0.0106. The van der Waals surface area contributed by atoms with Crippen molar-refractivity contribution in [1.29, 1.82) is 0 Å². The Balaban J connectivity index is 1.81. The molecule has 4 nitrogen and oxygen atoms in total. The summed E-state index contributed by atoms with van der Waals surface area (Å²) in [4.78, 5) is 12.2. The average Bonchev–Trinajstić information content (AvgIpc) is 3.15. The molecule has 4 heteroatoms. The van der Waals surface area contributed by atoms with Crippen LogP contribution in [-0.2, 0) is 0 Å². The first kappa shape index (κ1) is 16.6. The lowest BCUT2D eigenvalue weighted by atomic mass is 9.86. The second-order valence-corrected chi connectivity index (χ2v) is 7.09. The summed E-state index contributed by atoms with van der Waals surface area (Å²) in [7, 11) is 0. The monoisotopic (exact) mass is 296 g/mol. The molecule has 0 spiro atoms. The van der Waals surface area contributed by atoms with Crippen molar-refractivity contribution >= 4 is 6.03 Å². The Morgan fingerprint density at radius 1 is 1.10 bits per heavy atom. The van der Waals surface area contributed by atoms with Crippen LogP contribution in [0.2, 0.25) is 0 Å². The van der Waals surface area contributed by atoms with Crippen LogP contribution in [0, 0.1) is 17.8 Å². The summed E-state index contributed by atoms with van der Waals surface area (Å²) < 4.78 is 0. The van der Waals surface area contributed by atoms with E-state index in [1.54, 1.807) is 0 Å². The van der Waals surface area contributed by atoms with Crippen molar-refractivity contribution in [2.24, 2.45) is 17.8 Å². The molecule has 2 rings (SSSR count). The number of carbonyl (C=O) groups excluding carboxylic acids is 1. The van der Waals surface area contributed by atoms with E-state index in [-0.39, 0.29) is 12.6 Å². The Morgan fingerprint density at radius 3 is 2.10 bits per heavy atom. The number of aliphatic hydroxyl groups excluding tert-OH is 1. The summed E-state index contributed by atoms with van der Waals surface area (Å²) in [6.07, 6.45) is 11.2.